The molecule has 1 aromatic carbocycles. The highest BCUT2D eigenvalue weighted by Crippen LogP contribution is 2.37. The standard InChI is InChI=1S/C19H20F3N3O3S/c1-9(2)16-10(3)15-14(29(27,28)24-16)8-25(4)17(15)19(26)23-11-5-6-13(20)12(7-11)18(21)22/h5-9,16,18,24H,3H2,1-2,4H3,(H,23,26). The Bertz CT molecular complexity index is 1110. The van der Waals surface area contributed by atoms with Gasteiger partial charge in [0.2, 0.25) is 10.0 Å². The third-order valence-corrected chi connectivity index (χ3v) is 6.24. The maximum absolute atomic E-state index is 13.5. The van der Waals surface area contributed by atoms with Crippen molar-refractivity contribution in [2.45, 2.75) is 31.2 Å². The number of nitrogens with one attached hydrogen (secondary N) is 2. The normalized spacial score (nSPS) is 18.2. The van der Waals surface area contributed by atoms with E-state index in [4.69, 9.17) is 0 Å². The molecule has 156 valence electrons. The second kappa shape index (κ2) is 7.34. The summed E-state index contributed by atoms with van der Waals surface area (Å²) in [5, 5.41) is 2.43. The molecule has 0 saturated heterocycles. The number of fused-ring (bicyclic) bond motifs is 1. The third kappa shape index (κ3) is 3.69. The highest BCUT2D eigenvalue weighted by Gasteiger charge is 2.39. The summed E-state index contributed by atoms with van der Waals surface area (Å²) < 4.78 is 68.5. The van der Waals surface area contributed by atoms with Crippen LogP contribution < -0.4 is 10.0 Å². The summed E-state index contributed by atoms with van der Waals surface area (Å²) in [7, 11) is -2.37. The number of aryl methyl sites for hydroxylation is 1. The number of aromatic nitrogens is 1. The molecule has 6 nitrogen and oxygen atoms in total. The van der Waals surface area contributed by atoms with E-state index in [0.29, 0.717) is 5.57 Å². The Kier molecular flexibility index (Phi) is 5.35. The van der Waals surface area contributed by atoms with Crippen LogP contribution in [0, 0.1) is 11.7 Å². The lowest BCUT2D eigenvalue weighted by Crippen LogP contribution is -2.43. The fraction of sp³-hybridized carbons (Fsp3) is 0.316. The van der Waals surface area contributed by atoms with E-state index in [1.54, 1.807) is 0 Å². The van der Waals surface area contributed by atoms with E-state index in [2.05, 4.69) is 16.6 Å². The minimum atomic E-state index is -3.86. The molecule has 1 amide bonds. The van der Waals surface area contributed by atoms with Gasteiger partial charge in [0.15, 0.2) is 0 Å². The van der Waals surface area contributed by atoms with Gasteiger partial charge in [-0.25, -0.2) is 26.3 Å². The number of anilines is 1. The van der Waals surface area contributed by atoms with Crippen LogP contribution in [0.1, 0.15) is 41.9 Å². The zero-order chi connectivity index (χ0) is 21.7. The fourth-order valence-corrected chi connectivity index (χ4v) is 5.03. The SMILES string of the molecule is C=C1c2c(cn(C)c2C(=O)Nc2ccc(F)c(C(F)F)c2)S(=O)(=O)NC1C(C)C. The topological polar surface area (TPSA) is 80.2 Å². The number of nitrogens with zero attached hydrogens (tertiary/aromatic N) is 1. The predicted molar refractivity (Wildman–Crippen MR) is 103 cm³/mol. The third-order valence-electron chi connectivity index (χ3n) is 4.79. The van der Waals surface area contributed by atoms with Crippen molar-refractivity contribution in [2.75, 3.05) is 5.32 Å². The summed E-state index contributed by atoms with van der Waals surface area (Å²) >= 11 is 0. The number of rotatable bonds is 4. The van der Waals surface area contributed by atoms with Gasteiger partial charge in [-0.15, -0.1) is 0 Å². The Morgan fingerprint density at radius 2 is 1.97 bits per heavy atom. The maximum atomic E-state index is 13.5. The first kappa shape index (κ1) is 21.1. The van der Waals surface area contributed by atoms with Crippen LogP contribution in [0.25, 0.3) is 5.57 Å². The van der Waals surface area contributed by atoms with Crippen molar-refractivity contribution in [1.82, 2.24) is 9.29 Å². The van der Waals surface area contributed by atoms with Gasteiger partial charge in [0.25, 0.3) is 12.3 Å². The first-order valence-electron chi connectivity index (χ1n) is 8.73. The monoisotopic (exact) mass is 427 g/mol. The molecule has 29 heavy (non-hydrogen) atoms. The van der Waals surface area contributed by atoms with Crippen LogP contribution in [0.2, 0.25) is 0 Å². The number of sulfonamides is 1. The molecule has 2 heterocycles. The Labute approximate surface area is 166 Å². The van der Waals surface area contributed by atoms with Crippen LogP contribution in [-0.4, -0.2) is 24.9 Å². The minimum absolute atomic E-state index is 0.0173. The van der Waals surface area contributed by atoms with E-state index in [9.17, 15) is 26.4 Å². The number of hydrogen-bond donors (Lipinski definition) is 2. The smallest absolute Gasteiger partial charge is 0.272 e. The van der Waals surface area contributed by atoms with Gasteiger partial charge in [0.1, 0.15) is 16.4 Å². The van der Waals surface area contributed by atoms with Gasteiger partial charge in [0, 0.05) is 30.5 Å². The number of carbonyl (C=O) groups is 1. The van der Waals surface area contributed by atoms with Crippen molar-refractivity contribution >= 4 is 27.2 Å². The van der Waals surface area contributed by atoms with Crippen LogP contribution in [-0.2, 0) is 17.1 Å². The van der Waals surface area contributed by atoms with Crippen molar-refractivity contribution in [3.8, 4) is 0 Å². The maximum Gasteiger partial charge on any atom is 0.272 e. The molecular weight excluding hydrogens is 407 g/mol. The molecule has 0 bridgehead atoms. The molecule has 2 aromatic rings. The fourth-order valence-electron chi connectivity index (χ4n) is 3.36. The lowest BCUT2D eigenvalue weighted by atomic mass is 9.92. The van der Waals surface area contributed by atoms with Crippen molar-refractivity contribution in [3.05, 3.63) is 53.6 Å². The van der Waals surface area contributed by atoms with E-state index in [0.717, 1.165) is 18.2 Å². The first-order valence-corrected chi connectivity index (χ1v) is 10.2. The largest absolute Gasteiger partial charge is 0.345 e. The number of amides is 1. The molecule has 0 spiro atoms. The summed E-state index contributed by atoms with van der Waals surface area (Å²) in [6.07, 6.45) is -1.75. The second-order valence-electron chi connectivity index (χ2n) is 7.19. The summed E-state index contributed by atoms with van der Waals surface area (Å²) in [4.78, 5) is 12.8. The summed E-state index contributed by atoms with van der Waals surface area (Å²) in [6.45, 7) is 7.60. The number of alkyl halides is 2. The number of benzene rings is 1. The van der Waals surface area contributed by atoms with Gasteiger partial charge >= 0.3 is 0 Å². The molecule has 0 aliphatic carbocycles. The number of hydrogen-bond acceptors (Lipinski definition) is 3. The first-order chi connectivity index (χ1) is 13.4. The van der Waals surface area contributed by atoms with E-state index in [-0.39, 0.29) is 27.8 Å². The van der Waals surface area contributed by atoms with Crippen molar-refractivity contribution in [2.24, 2.45) is 13.0 Å². The van der Waals surface area contributed by atoms with Gasteiger partial charge in [-0.1, -0.05) is 20.4 Å². The number of carbonyl (C=O) groups excluding carboxylic acids is 1. The van der Waals surface area contributed by atoms with Crippen molar-refractivity contribution in [3.63, 3.8) is 0 Å². The molecule has 1 aromatic heterocycles. The lowest BCUT2D eigenvalue weighted by molar-refractivity contribution is 0.101. The van der Waals surface area contributed by atoms with E-state index in [1.165, 1.54) is 17.8 Å². The zero-order valence-electron chi connectivity index (χ0n) is 16.0. The molecule has 10 heteroatoms. The van der Waals surface area contributed by atoms with Crippen molar-refractivity contribution in [1.29, 1.82) is 0 Å². The van der Waals surface area contributed by atoms with Gasteiger partial charge in [-0.05, 0) is 29.7 Å². The molecule has 1 aliphatic rings. The highest BCUT2D eigenvalue weighted by molar-refractivity contribution is 7.89. The Hall–Kier alpha value is -2.59. The minimum Gasteiger partial charge on any atom is -0.345 e. The van der Waals surface area contributed by atoms with Crippen LogP contribution >= 0.6 is 0 Å². The van der Waals surface area contributed by atoms with Gasteiger partial charge < -0.3 is 9.88 Å². The Balaban J connectivity index is 2.05. The van der Waals surface area contributed by atoms with Crippen LogP contribution in [0.4, 0.5) is 18.9 Å². The van der Waals surface area contributed by atoms with Crippen LogP contribution in [0.5, 0.6) is 0 Å². The number of halogens is 3. The average Bonchev–Trinajstić information content (AvgIpc) is 2.98. The second-order valence-corrected chi connectivity index (χ2v) is 8.87. The molecular formula is C19H20F3N3O3S. The average molecular weight is 427 g/mol. The summed E-state index contributed by atoms with van der Waals surface area (Å²) in [5.41, 5.74) is -0.248. The Morgan fingerprint density at radius 3 is 2.55 bits per heavy atom. The van der Waals surface area contributed by atoms with E-state index >= 15 is 0 Å². The van der Waals surface area contributed by atoms with E-state index < -0.39 is 39.8 Å². The lowest BCUT2D eigenvalue weighted by Gasteiger charge is -2.29. The predicted octanol–water partition coefficient (Wildman–Crippen LogP) is 3.68. The molecule has 2 N–H and O–H groups in total. The highest BCUT2D eigenvalue weighted by atomic mass is 32.2. The molecule has 3 rings (SSSR count). The molecule has 1 aliphatic heterocycles. The van der Waals surface area contributed by atoms with Gasteiger partial charge in [-0.3, -0.25) is 4.79 Å². The summed E-state index contributed by atoms with van der Waals surface area (Å²) in [5.74, 6) is -1.92. The molecule has 0 fully saturated rings. The van der Waals surface area contributed by atoms with Crippen molar-refractivity contribution < 1.29 is 26.4 Å². The molecule has 1 unspecified atom stereocenters. The van der Waals surface area contributed by atoms with Crippen LogP contribution in [0.15, 0.2) is 35.9 Å². The zero-order valence-corrected chi connectivity index (χ0v) is 16.8. The molecule has 0 radical (unpaired) electrons. The van der Waals surface area contributed by atoms with Gasteiger partial charge in [0.05, 0.1) is 5.56 Å². The quantitative estimate of drug-likeness (QED) is 0.781. The van der Waals surface area contributed by atoms with Crippen LogP contribution in [0.3, 0.4) is 0 Å². The molecule has 0 saturated carbocycles. The van der Waals surface area contributed by atoms with Gasteiger partial charge in [-0.2, -0.15) is 0 Å². The Morgan fingerprint density at radius 1 is 1.31 bits per heavy atom. The van der Waals surface area contributed by atoms with E-state index in [1.807, 2.05) is 13.8 Å². The molecule has 1 atom stereocenters. The summed E-state index contributed by atoms with van der Waals surface area (Å²) in [6, 6.07) is 2.23.